The highest BCUT2D eigenvalue weighted by molar-refractivity contribution is 7.91. The molecule has 2 N–H and O–H groups in total. The Kier molecular flexibility index (Phi) is 3.62. The quantitative estimate of drug-likeness (QED) is 0.576. The Labute approximate surface area is 67.3 Å². The van der Waals surface area contributed by atoms with Crippen LogP contribution in [0.15, 0.2) is 0 Å². The van der Waals surface area contributed by atoms with Crippen molar-refractivity contribution in [1.82, 2.24) is 0 Å². The first-order chi connectivity index (χ1) is 4.10. The van der Waals surface area contributed by atoms with Gasteiger partial charge < -0.3 is 5.73 Å². The highest BCUT2D eigenvalue weighted by Crippen LogP contribution is 2.09. The van der Waals surface area contributed by atoms with Gasteiger partial charge >= 0.3 is 0 Å². The third kappa shape index (κ3) is 2.86. The molecule has 0 saturated carbocycles. The Hall–Kier alpha value is 0.200. The zero-order valence-electron chi connectivity index (χ0n) is 5.62. The van der Waals surface area contributed by atoms with Gasteiger partial charge in [0.1, 0.15) is 0 Å². The summed E-state index contributed by atoms with van der Waals surface area (Å²) < 4.78 is 21.6. The van der Waals surface area contributed by atoms with E-state index in [9.17, 15) is 8.42 Å². The van der Waals surface area contributed by atoms with E-state index in [2.05, 4.69) is 0 Å². The van der Waals surface area contributed by atoms with Crippen LogP contribution < -0.4 is 5.73 Å². The van der Waals surface area contributed by atoms with Crippen LogP contribution in [0.25, 0.3) is 0 Å². The minimum absolute atomic E-state index is 0. The third-order valence-electron chi connectivity index (χ3n) is 1.50. The van der Waals surface area contributed by atoms with Gasteiger partial charge in [0.25, 0.3) is 0 Å². The average Bonchev–Trinajstić information content (AvgIpc) is 1.60. The average molecular weight is 186 g/mol. The second-order valence-corrected chi connectivity index (χ2v) is 4.75. The summed E-state index contributed by atoms with van der Waals surface area (Å²) in [7, 11) is -2.76. The first kappa shape index (κ1) is 10.2. The summed E-state index contributed by atoms with van der Waals surface area (Å²) in [4.78, 5) is 0. The number of halogens is 1. The van der Waals surface area contributed by atoms with Gasteiger partial charge in [0.15, 0.2) is 9.84 Å². The van der Waals surface area contributed by atoms with Crippen molar-refractivity contribution in [2.24, 2.45) is 5.73 Å². The van der Waals surface area contributed by atoms with Crippen molar-refractivity contribution in [2.45, 2.75) is 18.9 Å². The number of hydrogen-bond acceptors (Lipinski definition) is 3. The SMILES string of the molecule is Cl.NC1CCCS(=O)(=O)C1. The molecule has 1 unspecified atom stereocenters. The molecule has 0 aromatic rings. The van der Waals surface area contributed by atoms with Gasteiger partial charge in [-0.05, 0) is 12.8 Å². The highest BCUT2D eigenvalue weighted by atomic mass is 35.5. The van der Waals surface area contributed by atoms with Crippen molar-refractivity contribution in [1.29, 1.82) is 0 Å². The fourth-order valence-electron chi connectivity index (χ4n) is 1.06. The lowest BCUT2D eigenvalue weighted by Crippen LogP contribution is -2.35. The molecular formula is C5H12ClNO2S. The largest absolute Gasteiger partial charge is 0.327 e. The van der Waals surface area contributed by atoms with E-state index in [4.69, 9.17) is 5.73 Å². The van der Waals surface area contributed by atoms with Crippen LogP contribution in [0.1, 0.15) is 12.8 Å². The third-order valence-corrected chi connectivity index (χ3v) is 3.34. The van der Waals surface area contributed by atoms with Gasteiger partial charge in [0, 0.05) is 6.04 Å². The van der Waals surface area contributed by atoms with Gasteiger partial charge in [-0.3, -0.25) is 0 Å². The van der Waals surface area contributed by atoms with Gasteiger partial charge in [-0.2, -0.15) is 0 Å². The molecule has 0 radical (unpaired) electrons. The molecule has 0 aromatic heterocycles. The standard InChI is InChI=1S/C5H11NO2S.ClH/c6-5-2-1-3-9(7,8)4-5;/h5H,1-4,6H2;1H. The van der Waals surface area contributed by atoms with E-state index in [0.717, 1.165) is 12.8 Å². The van der Waals surface area contributed by atoms with Crippen LogP contribution in [0.4, 0.5) is 0 Å². The molecule has 3 nitrogen and oxygen atoms in total. The van der Waals surface area contributed by atoms with E-state index < -0.39 is 9.84 Å². The molecule has 1 aliphatic heterocycles. The van der Waals surface area contributed by atoms with E-state index in [-0.39, 0.29) is 24.2 Å². The molecule has 0 aromatic carbocycles. The Morgan fingerprint density at radius 1 is 1.40 bits per heavy atom. The monoisotopic (exact) mass is 185 g/mol. The van der Waals surface area contributed by atoms with Crippen LogP contribution in [-0.4, -0.2) is 26.0 Å². The summed E-state index contributed by atoms with van der Waals surface area (Å²) >= 11 is 0. The van der Waals surface area contributed by atoms with E-state index in [1.54, 1.807) is 0 Å². The predicted molar refractivity (Wildman–Crippen MR) is 43.1 cm³/mol. The summed E-state index contributed by atoms with van der Waals surface area (Å²) in [5.74, 6) is 0.522. The predicted octanol–water partition coefficient (Wildman–Crippen LogP) is -0.0559. The first-order valence-corrected chi connectivity index (χ1v) is 4.88. The molecule has 1 fully saturated rings. The summed E-state index contributed by atoms with van der Waals surface area (Å²) in [6, 6.07) is -0.108. The summed E-state index contributed by atoms with van der Waals surface area (Å²) in [6.45, 7) is 0. The molecule has 0 amide bonds. The zero-order chi connectivity index (χ0) is 6.91. The molecular weight excluding hydrogens is 174 g/mol. The zero-order valence-corrected chi connectivity index (χ0v) is 7.25. The van der Waals surface area contributed by atoms with E-state index in [0.29, 0.717) is 5.75 Å². The molecule has 0 spiro atoms. The number of sulfone groups is 1. The van der Waals surface area contributed by atoms with Crippen LogP contribution in [0, 0.1) is 0 Å². The molecule has 0 aliphatic carbocycles. The molecule has 1 aliphatic rings. The maximum Gasteiger partial charge on any atom is 0.151 e. The summed E-state index contributed by atoms with van der Waals surface area (Å²) in [5.41, 5.74) is 5.43. The molecule has 5 heteroatoms. The van der Waals surface area contributed by atoms with Crippen molar-refractivity contribution in [3.8, 4) is 0 Å². The van der Waals surface area contributed by atoms with Gasteiger partial charge in [0.2, 0.25) is 0 Å². The molecule has 1 heterocycles. The lowest BCUT2D eigenvalue weighted by molar-refractivity contribution is 0.552. The maximum absolute atomic E-state index is 10.8. The Bertz CT molecular complexity index is 190. The van der Waals surface area contributed by atoms with Gasteiger partial charge in [0.05, 0.1) is 11.5 Å². The fourth-order valence-corrected chi connectivity index (χ4v) is 2.65. The van der Waals surface area contributed by atoms with Crippen molar-refractivity contribution in [3.05, 3.63) is 0 Å². The second-order valence-electron chi connectivity index (χ2n) is 2.52. The van der Waals surface area contributed by atoms with E-state index >= 15 is 0 Å². The van der Waals surface area contributed by atoms with Crippen molar-refractivity contribution in [3.63, 3.8) is 0 Å². The van der Waals surface area contributed by atoms with Gasteiger partial charge in [-0.25, -0.2) is 8.42 Å². The molecule has 10 heavy (non-hydrogen) atoms. The highest BCUT2D eigenvalue weighted by Gasteiger charge is 2.21. The smallest absolute Gasteiger partial charge is 0.151 e. The number of rotatable bonds is 0. The normalized spacial score (nSPS) is 30.7. The molecule has 1 rings (SSSR count). The van der Waals surface area contributed by atoms with Crippen molar-refractivity contribution in [2.75, 3.05) is 11.5 Å². The van der Waals surface area contributed by atoms with Crippen LogP contribution in [0.3, 0.4) is 0 Å². The molecule has 0 bridgehead atoms. The lowest BCUT2D eigenvalue weighted by Gasteiger charge is -2.16. The van der Waals surface area contributed by atoms with E-state index in [1.165, 1.54) is 0 Å². The van der Waals surface area contributed by atoms with Crippen LogP contribution in [0.5, 0.6) is 0 Å². The van der Waals surface area contributed by atoms with Crippen LogP contribution >= 0.6 is 12.4 Å². The molecule has 62 valence electrons. The Morgan fingerprint density at radius 2 is 2.00 bits per heavy atom. The maximum atomic E-state index is 10.8. The van der Waals surface area contributed by atoms with E-state index in [1.807, 2.05) is 0 Å². The molecule has 1 atom stereocenters. The van der Waals surface area contributed by atoms with Gasteiger partial charge in [-0.15, -0.1) is 12.4 Å². The Morgan fingerprint density at radius 3 is 2.30 bits per heavy atom. The topological polar surface area (TPSA) is 60.2 Å². The Balaban J connectivity index is 0.000000810. The fraction of sp³-hybridized carbons (Fsp3) is 1.00. The summed E-state index contributed by atoms with van der Waals surface area (Å²) in [6.07, 6.45) is 1.60. The number of nitrogens with two attached hydrogens (primary N) is 1. The number of hydrogen-bond donors (Lipinski definition) is 1. The van der Waals surface area contributed by atoms with Crippen molar-refractivity contribution < 1.29 is 8.42 Å². The minimum Gasteiger partial charge on any atom is -0.327 e. The first-order valence-electron chi connectivity index (χ1n) is 3.06. The summed E-state index contributed by atoms with van der Waals surface area (Å²) in [5, 5.41) is 0. The minimum atomic E-state index is -2.76. The van der Waals surface area contributed by atoms with Crippen LogP contribution in [-0.2, 0) is 9.84 Å². The van der Waals surface area contributed by atoms with Gasteiger partial charge in [-0.1, -0.05) is 0 Å². The lowest BCUT2D eigenvalue weighted by atomic mass is 10.2. The van der Waals surface area contributed by atoms with Crippen LogP contribution in [0.2, 0.25) is 0 Å². The second kappa shape index (κ2) is 3.55. The van der Waals surface area contributed by atoms with Crippen molar-refractivity contribution >= 4 is 22.2 Å². The molecule has 1 saturated heterocycles.